The van der Waals surface area contributed by atoms with E-state index in [0.29, 0.717) is 0 Å². The van der Waals surface area contributed by atoms with Crippen molar-refractivity contribution in [3.05, 3.63) is 0 Å². The fourth-order valence-corrected chi connectivity index (χ4v) is 0. The predicted molar refractivity (Wildman–Crippen MR) is 5.75 cm³/mol. The Balaban J connectivity index is -0.0000000800. The summed E-state index contributed by atoms with van der Waals surface area (Å²) in [6, 6.07) is 0. The molecule has 7 heteroatoms. The van der Waals surface area contributed by atoms with Crippen LogP contribution >= 0.6 is 0 Å². The van der Waals surface area contributed by atoms with Crippen LogP contribution in [0, 0.1) is 84.2 Å². The minimum absolute atomic E-state index is 0. The number of hydrogen-bond donors (Lipinski definition) is 0. The molecule has 0 aromatic carbocycles. The molecule has 0 heterocycles. The summed E-state index contributed by atoms with van der Waals surface area (Å²) in [6.07, 6.45) is 0. The van der Waals surface area contributed by atoms with Gasteiger partial charge in [0.25, 0.3) is 0 Å². The maximum Gasteiger partial charge on any atom is 3.00 e. The van der Waals surface area contributed by atoms with E-state index in [9.17, 15) is 0 Å². The first-order valence-electron chi connectivity index (χ1n) is 0.816. The third-order valence-corrected chi connectivity index (χ3v) is 0. The van der Waals surface area contributed by atoms with Gasteiger partial charge in [-0.3, -0.25) is 0 Å². The maximum absolute atomic E-state index is 8.58. The van der Waals surface area contributed by atoms with Gasteiger partial charge in [0.2, 0.25) is 0 Å². The van der Waals surface area contributed by atoms with Crippen molar-refractivity contribution in [1.82, 2.24) is 0 Å². The smallest absolute Gasteiger partial charge is 0.894 e. The Morgan fingerprint density at radius 3 is 0.857 bits per heavy atom. The van der Waals surface area contributed by atoms with Gasteiger partial charge >= 0.3 is 84.2 Å². The fraction of sp³-hybridized carbons (Fsp3) is 0. The van der Waals surface area contributed by atoms with Crippen LogP contribution in [0.15, 0.2) is 0 Å². The maximum atomic E-state index is 8.58. The van der Waals surface area contributed by atoms with E-state index < -0.39 is 9.05 Å². The van der Waals surface area contributed by atoms with Crippen molar-refractivity contribution in [2.45, 2.75) is 0 Å². The first-order chi connectivity index (χ1) is 2.00. The fourth-order valence-electron chi connectivity index (χ4n) is 0. The van der Waals surface area contributed by atoms with Crippen LogP contribution in [0.5, 0.6) is 0 Å². The summed E-state index contributed by atoms with van der Waals surface area (Å²) in [7, 11) is -5.61. The summed E-state index contributed by atoms with van der Waals surface area (Å²) in [4.78, 5) is 34.3. The molecule has 0 atom stereocenters. The van der Waals surface area contributed by atoms with Crippen molar-refractivity contribution < 1.29 is 103 Å². The quantitative estimate of drug-likeness (QED) is 0.358. The number of rotatable bonds is 0. The first-order valence-corrected chi connectivity index (χ1v) is 2.45. The molecule has 4 nitrogen and oxygen atoms in total. The van der Waals surface area contributed by atoms with E-state index in [-0.39, 0.29) is 84.2 Å². The van der Waals surface area contributed by atoms with Gasteiger partial charge in [-0.25, -0.2) is 0 Å². The predicted octanol–water partition coefficient (Wildman–Crippen LogP) is -5.14. The molecule has 7 heavy (non-hydrogen) atoms. The average Bonchev–Trinajstić information content (AvgIpc) is 0.722. The first kappa shape index (κ1) is 16.4. The molecule has 0 aromatic heterocycles. The van der Waals surface area contributed by atoms with Gasteiger partial charge in [-0.2, -0.15) is 0 Å². The van der Waals surface area contributed by atoms with Crippen molar-refractivity contribution in [2.75, 3.05) is 0 Å². The van der Waals surface area contributed by atoms with Gasteiger partial charge < -0.3 is 28.2 Å². The third kappa shape index (κ3) is 51.5. The molecule has 0 spiro atoms. The Labute approximate surface area is 110 Å². The standard InChI is InChI=1S/Er.O4Si.Yb/c;1-5(2,3)4;/q+3;-4;+3. The molecule has 0 bridgehead atoms. The molecule has 0 aliphatic heterocycles. The minimum atomic E-state index is -5.61. The van der Waals surface area contributed by atoms with Gasteiger partial charge in [-0.15, -0.1) is 0 Å². The van der Waals surface area contributed by atoms with Crippen LogP contribution in [0.4, 0.5) is 0 Å². The van der Waals surface area contributed by atoms with Gasteiger partial charge in [0.15, 0.2) is 0 Å². The zero-order valence-corrected chi connectivity index (χ0v) is 7.26. The monoisotopic (exact) mass is 432 g/mol. The second-order valence-electron chi connectivity index (χ2n) is 0.500. The second-order valence-corrected chi connectivity index (χ2v) is 1.50. The summed E-state index contributed by atoms with van der Waals surface area (Å²) in [5, 5.41) is 0. The molecule has 0 aliphatic carbocycles. The second kappa shape index (κ2) is 6.94. The number of hydrogen-bond acceptors (Lipinski definition) is 4. The van der Waals surface area contributed by atoms with Crippen molar-refractivity contribution in [3.8, 4) is 0 Å². The van der Waals surface area contributed by atoms with Crippen molar-refractivity contribution in [1.29, 1.82) is 0 Å². The molecular weight excluding hydrogens is 432 g/mol. The van der Waals surface area contributed by atoms with Crippen LogP contribution in [0.1, 0.15) is 0 Å². The van der Waals surface area contributed by atoms with E-state index in [1.165, 1.54) is 0 Å². The van der Waals surface area contributed by atoms with E-state index in [1.54, 1.807) is 0 Å². The van der Waals surface area contributed by atoms with Crippen LogP contribution in [0.2, 0.25) is 0 Å². The van der Waals surface area contributed by atoms with Crippen LogP contribution in [-0.4, -0.2) is 9.05 Å². The minimum Gasteiger partial charge on any atom is -0.894 e. The van der Waals surface area contributed by atoms with E-state index in [0.717, 1.165) is 0 Å². The van der Waals surface area contributed by atoms with Gasteiger partial charge in [0.05, 0.1) is 0 Å². The SMILES string of the molecule is [Er+3].[O-][Si]([O-])([O-])[O-].[Yb+3]. The van der Waals surface area contributed by atoms with Crippen molar-refractivity contribution in [3.63, 3.8) is 0 Å². The summed E-state index contributed by atoms with van der Waals surface area (Å²) >= 11 is 0. The van der Waals surface area contributed by atoms with E-state index in [4.69, 9.17) is 19.2 Å². The van der Waals surface area contributed by atoms with Crippen molar-refractivity contribution in [2.24, 2.45) is 0 Å². The molecule has 2 radical (unpaired) electrons. The van der Waals surface area contributed by atoms with Crippen LogP contribution in [-0.2, 0) is 0 Å². The Hall–Kier alpha value is 2.82. The van der Waals surface area contributed by atoms with Crippen LogP contribution < -0.4 is 19.2 Å². The summed E-state index contributed by atoms with van der Waals surface area (Å²) in [5.41, 5.74) is 0. The molecule has 0 fully saturated rings. The zero-order valence-electron chi connectivity index (χ0n) is 2.69. The third-order valence-electron chi connectivity index (χ3n) is 0. The molecule has 52 valence electrons. The summed E-state index contributed by atoms with van der Waals surface area (Å²) in [6.45, 7) is 0. The van der Waals surface area contributed by atoms with E-state index in [1.807, 2.05) is 0 Å². The van der Waals surface area contributed by atoms with Crippen LogP contribution in [0.3, 0.4) is 0 Å². The molecule has 0 aromatic rings. The Morgan fingerprint density at radius 1 is 0.857 bits per heavy atom. The van der Waals surface area contributed by atoms with Crippen LogP contribution in [0.25, 0.3) is 0 Å². The molecule has 0 rings (SSSR count). The zero-order chi connectivity index (χ0) is 4.50. The molecule has 0 amide bonds. The Bertz CT molecular complexity index is 27.2. The normalized spacial score (nSPS) is 8.57. The molecule has 0 N–H and O–H groups in total. The topological polar surface area (TPSA) is 92.2 Å². The Morgan fingerprint density at radius 2 is 0.857 bits per heavy atom. The average molecular weight is 432 g/mol. The molecular formula is ErO4SiYb+2. The Kier molecular flexibility index (Phi) is 16.3. The van der Waals surface area contributed by atoms with Gasteiger partial charge in [0.1, 0.15) is 0 Å². The summed E-state index contributed by atoms with van der Waals surface area (Å²) in [5.74, 6) is 0. The van der Waals surface area contributed by atoms with Gasteiger partial charge in [0, 0.05) is 0 Å². The largest absolute Gasteiger partial charge is 3.00 e. The van der Waals surface area contributed by atoms with E-state index >= 15 is 0 Å². The summed E-state index contributed by atoms with van der Waals surface area (Å²) < 4.78 is 0. The molecule has 0 aliphatic rings. The van der Waals surface area contributed by atoms with Gasteiger partial charge in [-0.05, 0) is 0 Å². The van der Waals surface area contributed by atoms with Crippen molar-refractivity contribution >= 4 is 9.05 Å². The van der Waals surface area contributed by atoms with Gasteiger partial charge in [-0.1, -0.05) is 0 Å². The molecule has 0 saturated heterocycles. The van der Waals surface area contributed by atoms with E-state index in [2.05, 4.69) is 0 Å². The molecule has 0 unspecified atom stereocenters. The molecule has 0 saturated carbocycles.